The Balaban J connectivity index is 2.23. The molecule has 98 valence electrons. The highest BCUT2D eigenvalue weighted by Gasteiger charge is 2.25. The van der Waals surface area contributed by atoms with Gasteiger partial charge in [0.15, 0.2) is 0 Å². The van der Waals surface area contributed by atoms with Gasteiger partial charge in [0.1, 0.15) is 0 Å². The molecular weight excluding hydrogens is 230 g/mol. The molecule has 0 bridgehead atoms. The van der Waals surface area contributed by atoms with E-state index < -0.39 is 5.91 Å². The molecule has 18 heavy (non-hydrogen) atoms. The van der Waals surface area contributed by atoms with Gasteiger partial charge in [-0.3, -0.25) is 4.79 Å². The van der Waals surface area contributed by atoms with Gasteiger partial charge in [0.2, 0.25) is 0 Å². The van der Waals surface area contributed by atoms with E-state index in [-0.39, 0.29) is 12.1 Å². The van der Waals surface area contributed by atoms with Crippen LogP contribution in [0.1, 0.15) is 17.3 Å². The average molecular weight is 249 g/mol. The van der Waals surface area contributed by atoms with Crippen LogP contribution in [0.4, 0.5) is 5.69 Å². The second-order valence-electron chi connectivity index (χ2n) is 4.60. The maximum atomic E-state index is 11.4. The fourth-order valence-corrected chi connectivity index (χ4v) is 2.17. The minimum Gasteiger partial charge on any atom is -0.373 e. The highest BCUT2D eigenvalue weighted by Crippen LogP contribution is 2.22. The van der Waals surface area contributed by atoms with Crippen molar-refractivity contribution in [2.75, 3.05) is 24.6 Å². The number of nitrogens with zero attached hydrogens (tertiary/aromatic N) is 1. The summed E-state index contributed by atoms with van der Waals surface area (Å²) in [5.74, 6) is -0.408. The number of ether oxygens (including phenoxy) is 1. The zero-order chi connectivity index (χ0) is 13.1. The second kappa shape index (κ2) is 5.37. The molecule has 1 saturated heterocycles. The van der Waals surface area contributed by atoms with E-state index in [9.17, 15) is 4.79 Å². The summed E-state index contributed by atoms with van der Waals surface area (Å²) in [7, 11) is 0. The molecular formula is C13H19N3O2. The molecule has 0 spiro atoms. The Hall–Kier alpha value is -1.59. The topological polar surface area (TPSA) is 81.6 Å². The predicted molar refractivity (Wildman–Crippen MR) is 70.6 cm³/mol. The van der Waals surface area contributed by atoms with Gasteiger partial charge in [-0.05, 0) is 19.1 Å². The lowest BCUT2D eigenvalue weighted by molar-refractivity contribution is 0.0275. The standard InChI is InChI=1S/C13H19N3O2/c1-9(14)12-8-16(6-7-18-12)11-5-3-2-4-10(11)13(15)17/h2-5,9,12H,6-8,14H2,1H3,(H2,15,17). The number of para-hydroxylation sites is 1. The van der Waals surface area contributed by atoms with Crippen molar-refractivity contribution >= 4 is 11.6 Å². The maximum Gasteiger partial charge on any atom is 0.250 e. The van der Waals surface area contributed by atoms with Crippen molar-refractivity contribution in [2.24, 2.45) is 11.5 Å². The van der Waals surface area contributed by atoms with Crippen LogP contribution in [0.2, 0.25) is 0 Å². The smallest absolute Gasteiger partial charge is 0.250 e. The van der Waals surface area contributed by atoms with Crippen LogP contribution in [-0.2, 0) is 4.74 Å². The number of amides is 1. The van der Waals surface area contributed by atoms with Crippen molar-refractivity contribution in [3.8, 4) is 0 Å². The first-order valence-electron chi connectivity index (χ1n) is 6.10. The monoisotopic (exact) mass is 249 g/mol. The van der Waals surface area contributed by atoms with E-state index >= 15 is 0 Å². The molecule has 5 heteroatoms. The molecule has 1 fully saturated rings. The molecule has 2 unspecified atom stereocenters. The number of nitrogens with two attached hydrogens (primary N) is 2. The van der Waals surface area contributed by atoms with E-state index in [1.807, 2.05) is 25.1 Å². The quantitative estimate of drug-likeness (QED) is 0.809. The molecule has 0 aliphatic carbocycles. The van der Waals surface area contributed by atoms with Crippen molar-refractivity contribution in [3.63, 3.8) is 0 Å². The molecule has 1 heterocycles. The minimum atomic E-state index is -0.408. The molecule has 1 aromatic carbocycles. The molecule has 0 radical (unpaired) electrons. The Kier molecular flexibility index (Phi) is 3.84. The van der Waals surface area contributed by atoms with Crippen LogP contribution < -0.4 is 16.4 Å². The first kappa shape index (κ1) is 12.9. The maximum absolute atomic E-state index is 11.4. The minimum absolute atomic E-state index is 0.0142. The van der Waals surface area contributed by atoms with Gasteiger partial charge in [-0.2, -0.15) is 0 Å². The van der Waals surface area contributed by atoms with Crippen molar-refractivity contribution in [3.05, 3.63) is 29.8 Å². The molecule has 2 rings (SSSR count). The number of primary amides is 1. The molecule has 1 aliphatic rings. The zero-order valence-corrected chi connectivity index (χ0v) is 10.5. The van der Waals surface area contributed by atoms with Gasteiger partial charge in [0, 0.05) is 24.8 Å². The third kappa shape index (κ3) is 2.63. The van der Waals surface area contributed by atoms with Crippen LogP contribution in [0, 0.1) is 0 Å². The summed E-state index contributed by atoms with van der Waals surface area (Å²) in [6.07, 6.45) is -0.0142. The molecule has 1 aromatic rings. The Morgan fingerprint density at radius 3 is 2.89 bits per heavy atom. The Morgan fingerprint density at radius 2 is 2.22 bits per heavy atom. The van der Waals surface area contributed by atoms with Crippen molar-refractivity contribution in [1.82, 2.24) is 0 Å². The van der Waals surface area contributed by atoms with Gasteiger partial charge >= 0.3 is 0 Å². The van der Waals surface area contributed by atoms with E-state index in [4.69, 9.17) is 16.2 Å². The van der Waals surface area contributed by atoms with E-state index in [1.54, 1.807) is 6.07 Å². The number of hydrogen-bond donors (Lipinski definition) is 2. The summed E-state index contributed by atoms with van der Waals surface area (Å²) >= 11 is 0. The van der Waals surface area contributed by atoms with E-state index in [1.165, 1.54) is 0 Å². The lowest BCUT2D eigenvalue weighted by atomic mass is 10.1. The zero-order valence-electron chi connectivity index (χ0n) is 10.5. The van der Waals surface area contributed by atoms with Crippen LogP contribution in [0.25, 0.3) is 0 Å². The second-order valence-corrected chi connectivity index (χ2v) is 4.60. The Labute approximate surface area is 107 Å². The highest BCUT2D eigenvalue weighted by molar-refractivity contribution is 5.98. The molecule has 2 atom stereocenters. The van der Waals surface area contributed by atoms with Crippen LogP contribution in [0.15, 0.2) is 24.3 Å². The summed E-state index contributed by atoms with van der Waals surface area (Å²) in [5.41, 5.74) is 12.7. The van der Waals surface area contributed by atoms with Crippen LogP contribution in [-0.4, -0.2) is 37.7 Å². The Bertz CT molecular complexity index is 434. The first-order valence-corrected chi connectivity index (χ1v) is 6.10. The summed E-state index contributed by atoms with van der Waals surface area (Å²) < 4.78 is 5.61. The van der Waals surface area contributed by atoms with Crippen molar-refractivity contribution in [1.29, 1.82) is 0 Å². The lowest BCUT2D eigenvalue weighted by Crippen LogP contribution is -2.50. The number of anilines is 1. The van der Waals surface area contributed by atoms with Gasteiger partial charge in [0.05, 0.1) is 18.3 Å². The van der Waals surface area contributed by atoms with E-state index in [2.05, 4.69) is 4.90 Å². The predicted octanol–water partition coefficient (Wildman–Crippen LogP) is 0.338. The van der Waals surface area contributed by atoms with Gasteiger partial charge in [-0.25, -0.2) is 0 Å². The van der Waals surface area contributed by atoms with Crippen LogP contribution in [0.5, 0.6) is 0 Å². The summed E-state index contributed by atoms with van der Waals surface area (Å²) in [6.45, 7) is 3.96. The van der Waals surface area contributed by atoms with Crippen LogP contribution in [0.3, 0.4) is 0 Å². The number of carbonyl (C=O) groups is 1. The third-order valence-electron chi connectivity index (χ3n) is 3.19. The number of benzene rings is 1. The number of rotatable bonds is 3. The fourth-order valence-electron chi connectivity index (χ4n) is 2.17. The van der Waals surface area contributed by atoms with Crippen LogP contribution >= 0.6 is 0 Å². The normalized spacial score (nSPS) is 21.7. The average Bonchev–Trinajstić information content (AvgIpc) is 2.39. The molecule has 1 aliphatic heterocycles. The summed E-state index contributed by atoms with van der Waals surface area (Å²) in [5, 5.41) is 0. The summed E-state index contributed by atoms with van der Waals surface area (Å²) in [4.78, 5) is 13.5. The number of carbonyl (C=O) groups excluding carboxylic acids is 1. The molecule has 0 saturated carbocycles. The van der Waals surface area contributed by atoms with E-state index in [0.29, 0.717) is 18.7 Å². The molecule has 5 nitrogen and oxygen atoms in total. The van der Waals surface area contributed by atoms with Gasteiger partial charge in [0.25, 0.3) is 5.91 Å². The van der Waals surface area contributed by atoms with Gasteiger partial charge < -0.3 is 21.1 Å². The number of morpholine rings is 1. The van der Waals surface area contributed by atoms with Gasteiger partial charge in [-0.15, -0.1) is 0 Å². The number of hydrogen-bond acceptors (Lipinski definition) is 4. The van der Waals surface area contributed by atoms with Gasteiger partial charge in [-0.1, -0.05) is 12.1 Å². The van der Waals surface area contributed by atoms with Crippen molar-refractivity contribution in [2.45, 2.75) is 19.1 Å². The lowest BCUT2D eigenvalue weighted by Gasteiger charge is -2.36. The van der Waals surface area contributed by atoms with E-state index in [0.717, 1.165) is 12.2 Å². The Morgan fingerprint density at radius 1 is 1.50 bits per heavy atom. The molecule has 4 N–H and O–H groups in total. The third-order valence-corrected chi connectivity index (χ3v) is 3.19. The molecule has 1 amide bonds. The SMILES string of the molecule is CC(N)C1CN(c2ccccc2C(N)=O)CCO1. The van der Waals surface area contributed by atoms with Crippen molar-refractivity contribution < 1.29 is 9.53 Å². The highest BCUT2D eigenvalue weighted by atomic mass is 16.5. The molecule has 0 aromatic heterocycles. The largest absolute Gasteiger partial charge is 0.373 e. The fraction of sp³-hybridized carbons (Fsp3) is 0.462. The summed E-state index contributed by atoms with van der Waals surface area (Å²) in [6, 6.07) is 7.33. The first-order chi connectivity index (χ1) is 8.59.